The zero-order valence-corrected chi connectivity index (χ0v) is 11.9. The molecule has 0 saturated carbocycles. The topological polar surface area (TPSA) is 72.2 Å². The number of hydrogen-bond donors (Lipinski definition) is 1. The summed E-state index contributed by atoms with van der Waals surface area (Å²) in [6.45, 7) is 0. The molecule has 3 aromatic rings. The Kier molecular flexibility index (Phi) is 3.53. The molecule has 0 bridgehead atoms. The molecule has 5 nitrogen and oxygen atoms in total. The van der Waals surface area contributed by atoms with Gasteiger partial charge in [-0.1, -0.05) is 17.3 Å². The van der Waals surface area contributed by atoms with Crippen molar-refractivity contribution >= 4 is 26.7 Å². The third-order valence-corrected chi connectivity index (χ3v) is 4.17. The number of anilines is 1. The van der Waals surface area contributed by atoms with Crippen LogP contribution < -0.4 is 4.72 Å². The minimum Gasteiger partial charge on any atom is -0.356 e. The van der Waals surface area contributed by atoms with Crippen molar-refractivity contribution in [3.63, 3.8) is 0 Å². The molecule has 0 saturated heterocycles. The highest BCUT2D eigenvalue weighted by molar-refractivity contribution is 7.91. The van der Waals surface area contributed by atoms with Crippen molar-refractivity contribution < 1.29 is 21.7 Å². The maximum atomic E-state index is 13.1. The van der Waals surface area contributed by atoms with Crippen LogP contribution in [0.4, 0.5) is 14.5 Å². The average Bonchev–Trinajstić information content (AvgIpc) is 2.85. The fourth-order valence-corrected chi connectivity index (χ4v) is 3.12. The van der Waals surface area contributed by atoms with Gasteiger partial charge in [-0.15, -0.1) is 0 Å². The first-order valence-electron chi connectivity index (χ1n) is 6.23. The molecule has 8 heteroatoms. The van der Waals surface area contributed by atoms with Crippen LogP contribution in [0.2, 0.25) is 0 Å². The van der Waals surface area contributed by atoms with Crippen LogP contribution in [0.3, 0.4) is 0 Å². The molecule has 0 aliphatic carbocycles. The second-order valence-electron chi connectivity index (χ2n) is 4.62. The van der Waals surface area contributed by atoms with Gasteiger partial charge in [0.2, 0.25) is 10.0 Å². The highest BCUT2D eigenvalue weighted by atomic mass is 32.2. The quantitative estimate of drug-likeness (QED) is 0.800. The fourth-order valence-electron chi connectivity index (χ4n) is 2.00. The Balaban J connectivity index is 1.85. The second-order valence-corrected chi connectivity index (χ2v) is 6.34. The van der Waals surface area contributed by atoms with E-state index in [1.165, 1.54) is 0 Å². The lowest BCUT2D eigenvalue weighted by Gasteiger charge is -2.07. The van der Waals surface area contributed by atoms with E-state index < -0.39 is 27.4 Å². The van der Waals surface area contributed by atoms with Crippen molar-refractivity contribution in [2.24, 2.45) is 0 Å². The molecular weight excluding hydrogens is 314 g/mol. The standard InChI is InChI=1S/C14H10F2N2O3S/c15-11-6-5-9(7-12(11)16)18-22(19,20)8-13-10-3-1-2-4-14(10)21-17-13/h1-7,18H,8H2. The summed E-state index contributed by atoms with van der Waals surface area (Å²) in [6.07, 6.45) is 0. The van der Waals surface area contributed by atoms with Gasteiger partial charge in [-0.05, 0) is 24.3 Å². The van der Waals surface area contributed by atoms with Crippen LogP contribution in [0, 0.1) is 11.6 Å². The van der Waals surface area contributed by atoms with Gasteiger partial charge in [0.05, 0.1) is 5.69 Å². The molecule has 0 unspecified atom stereocenters. The first-order valence-corrected chi connectivity index (χ1v) is 7.89. The highest BCUT2D eigenvalue weighted by Gasteiger charge is 2.18. The van der Waals surface area contributed by atoms with E-state index in [1.54, 1.807) is 24.3 Å². The molecular formula is C14H10F2N2O3S. The SMILES string of the molecule is O=S(=O)(Cc1noc2ccccc12)Nc1ccc(F)c(F)c1. The molecule has 0 atom stereocenters. The second kappa shape index (κ2) is 5.38. The molecule has 1 N–H and O–H groups in total. The predicted molar refractivity (Wildman–Crippen MR) is 76.6 cm³/mol. The van der Waals surface area contributed by atoms with Crippen LogP contribution in [-0.2, 0) is 15.8 Å². The smallest absolute Gasteiger partial charge is 0.238 e. The van der Waals surface area contributed by atoms with E-state index in [9.17, 15) is 17.2 Å². The number of halogens is 2. The number of rotatable bonds is 4. The van der Waals surface area contributed by atoms with Gasteiger partial charge in [0, 0.05) is 11.5 Å². The fraction of sp³-hybridized carbons (Fsp3) is 0.0714. The number of nitrogens with one attached hydrogen (secondary N) is 1. The average molecular weight is 324 g/mol. The van der Waals surface area contributed by atoms with E-state index in [0.29, 0.717) is 11.0 Å². The Hall–Kier alpha value is -2.48. The van der Waals surface area contributed by atoms with Crippen LogP contribution >= 0.6 is 0 Å². The van der Waals surface area contributed by atoms with E-state index in [1.807, 2.05) is 0 Å². The first kappa shape index (κ1) is 14.5. The molecule has 114 valence electrons. The highest BCUT2D eigenvalue weighted by Crippen LogP contribution is 2.21. The van der Waals surface area contributed by atoms with Gasteiger partial charge >= 0.3 is 0 Å². The van der Waals surface area contributed by atoms with Crippen LogP contribution in [0.1, 0.15) is 5.69 Å². The molecule has 2 aromatic carbocycles. The van der Waals surface area contributed by atoms with Crippen molar-refractivity contribution in [3.05, 3.63) is 59.8 Å². The minimum atomic E-state index is -3.84. The number of benzene rings is 2. The van der Waals surface area contributed by atoms with Gasteiger partial charge in [0.25, 0.3) is 0 Å². The zero-order valence-electron chi connectivity index (χ0n) is 11.1. The van der Waals surface area contributed by atoms with Gasteiger partial charge < -0.3 is 4.52 Å². The van der Waals surface area contributed by atoms with Crippen LogP contribution in [0.15, 0.2) is 47.0 Å². The van der Waals surface area contributed by atoms with Gasteiger partial charge in [-0.2, -0.15) is 0 Å². The molecule has 0 amide bonds. The number of para-hydroxylation sites is 1. The lowest BCUT2D eigenvalue weighted by molar-refractivity contribution is 0.448. The Bertz CT molecular complexity index is 938. The summed E-state index contributed by atoms with van der Waals surface area (Å²) in [7, 11) is -3.84. The van der Waals surface area contributed by atoms with Crippen LogP contribution in [0.5, 0.6) is 0 Å². The monoisotopic (exact) mass is 324 g/mol. The minimum absolute atomic E-state index is 0.0632. The zero-order chi connectivity index (χ0) is 15.7. The molecule has 1 aromatic heterocycles. The summed E-state index contributed by atoms with van der Waals surface area (Å²) >= 11 is 0. The van der Waals surface area contributed by atoms with E-state index >= 15 is 0 Å². The maximum Gasteiger partial charge on any atom is 0.238 e. The Labute approximate surface area is 124 Å². The van der Waals surface area contributed by atoms with E-state index in [0.717, 1.165) is 18.2 Å². The molecule has 0 aliphatic rings. The van der Waals surface area contributed by atoms with Crippen LogP contribution in [0.25, 0.3) is 11.0 Å². The number of nitrogens with zero attached hydrogens (tertiary/aromatic N) is 1. The van der Waals surface area contributed by atoms with E-state index in [-0.39, 0.29) is 11.4 Å². The summed E-state index contributed by atoms with van der Waals surface area (Å²) in [5.74, 6) is -2.62. The number of aromatic nitrogens is 1. The summed E-state index contributed by atoms with van der Waals surface area (Å²) in [6, 6.07) is 9.59. The van der Waals surface area contributed by atoms with Crippen molar-refractivity contribution in [2.45, 2.75) is 5.75 Å². The van der Waals surface area contributed by atoms with Gasteiger partial charge in [0.15, 0.2) is 17.2 Å². The summed E-state index contributed by atoms with van der Waals surface area (Å²) in [4.78, 5) is 0. The third-order valence-electron chi connectivity index (χ3n) is 2.97. The maximum absolute atomic E-state index is 13.1. The third kappa shape index (κ3) is 2.91. The predicted octanol–water partition coefficient (Wildman–Crippen LogP) is 3.05. The Morgan fingerprint density at radius 2 is 1.86 bits per heavy atom. The molecule has 0 radical (unpaired) electrons. The summed E-state index contributed by atoms with van der Waals surface area (Å²) < 4.78 is 57.3. The lowest BCUT2D eigenvalue weighted by Crippen LogP contribution is -2.15. The van der Waals surface area contributed by atoms with Gasteiger partial charge in [-0.3, -0.25) is 4.72 Å². The van der Waals surface area contributed by atoms with Crippen LogP contribution in [-0.4, -0.2) is 13.6 Å². The van der Waals surface area contributed by atoms with Gasteiger partial charge in [0.1, 0.15) is 11.4 Å². The Morgan fingerprint density at radius 1 is 1.09 bits per heavy atom. The molecule has 22 heavy (non-hydrogen) atoms. The largest absolute Gasteiger partial charge is 0.356 e. The number of fused-ring (bicyclic) bond motifs is 1. The van der Waals surface area contributed by atoms with Gasteiger partial charge in [-0.25, -0.2) is 17.2 Å². The molecule has 0 fully saturated rings. The lowest BCUT2D eigenvalue weighted by atomic mass is 10.2. The molecule has 0 spiro atoms. The van der Waals surface area contributed by atoms with Crippen molar-refractivity contribution in [1.82, 2.24) is 5.16 Å². The van der Waals surface area contributed by atoms with Crippen molar-refractivity contribution in [1.29, 1.82) is 0 Å². The number of sulfonamides is 1. The summed E-state index contributed by atoms with van der Waals surface area (Å²) in [5.41, 5.74) is 0.651. The normalized spacial score (nSPS) is 11.7. The molecule has 0 aliphatic heterocycles. The van der Waals surface area contributed by atoms with Crippen molar-refractivity contribution in [3.8, 4) is 0 Å². The first-order chi connectivity index (χ1) is 10.4. The van der Waals surface area contributed by atoms with E-state index in [2.05, 4.69) is 9.88 Å². The Morgan fingerprint density at radius 3 is 2.64 bits per heavy atom. The van der Waals surface area contributed by atoms with E-state index in [4.69, 9.17) is 4.52 Å². The van der Waals surface area contributed by atoms with Crippen molar-refractivity contribution in [2.75, 3.05) is 4.72 Å². The number of hydrogen-bond acceptors (Lipinski definition) is 4. The molecule has 1 heterocycles. The summed E-state index contributed by atoms with van der Waals surface area (Å²) in [5, 5.41) is 4.31. The molecule has 3 rings (SSSR count).